The van der Waals surface area contributed by atoms with E-state index < -0.39 is 0 Å². The predicted octanol–water partition coefficient (Wildman–Crippen LogP) is 0.768. The highest BCUT2D eigenvalue weighted by Gasteiger charge is 2.13. The van der Waals surface area contributed by atoms with Crippen LogP contribution in [0.2, 0.25) is 0 Å². The van der Waals surface area contributed by atoms with Crippen molar-refractivity contribution in [3.8, 4) is 0 Å². The lowest BCUT2D eigenvalue weighted by Gasteiger charge is -2.27. The molecular formula is C11H19N5. The molecule has 0 amide bonds. The third-order valence-electron chi connectivity index (χ3n) is 2.82. The zero-order valence-corrected chi connectivity index (χ0v) is 9.74. The summed E-state index contributed by atoms with van der Waals surface area (Å²) in [6, 6.07) is 2.03. The van der Waals surface area contributed by atoms with Crippen molar-refractivity contribution < 1.29 is 0 Å². The molecule has 0 atom stereocenters. The van der Waals surface area contributed by atoms with Gasteiger partial charge in [0.2, 0.25) is 5.95 Å². The molecule has 1 aromatic rings. The third kappa shape index (κ3) is 2.61. The molecule has 88 valence electrons. The van der Waals surface area contributed by atoms with E-state index in [1.807, 2.05) is 13.1 Å². The van der Waals surface area contributed by atoms with Gasteiger partial charge in [0.15, 0.2) is 0 Å². The normalized spacial score (nSPS) is 16.4. The second-order valence-corrected chi connectivity index (χ2v) is 4.15. The second-order valence-electron chi connectivity index (χ2n) is 4.15. The minimum absolute atomic E-state index is 0.369. The van der Waals surface area contributed by atoms with Crippen LogP contribution >= 0.6 is 0 Å². The molecule has 0 spiro atoms. The molecule has 0 bridgehead atoms. The van der Waals surface area contributed by atoms with Gasteiger partial charge in [-0.25, -0.2) is 4.98 Å². The Morgan fingerprint density at radius 3 is 2.75 bits per heavy atom. The fraction of sp³-hybridized carbons (Fsp3) is 0.636. The molecule has 0 unspecified atom stereocenters. The number of nitrogens with two attached hydrogens (primary N) is 1. The van der Waals surface area contributed by atoms with Crippen LogP contribution in [0.3, 0.4) is 0 Å². The second kappa shape index (κ2) is 5.12. The highest BCUT2D eigenvalue weighted by molar-refractivity contribution is 5.43. The first-order valence-electron chi connectivity index (χ1n) is 5.82. The molecule has 5 heteroatoms. The van der Waals surface area contributed by atoms with Gasteiger partial charge in [-0.05, 0) is 26.3 Å². The number of nitrogens with one attached hydrogen (secondary N) is 1. The quantitative estimate of drug-likeness (QED) is 0.789. The van der Waals surface area contributed by atoms with E-state index in [1.54, 1.807) is 0 Å². The highest BCUT2D eigenvalue weighted by Crippen LogP contribution is 2.18. The average Bonchev–Trinajstić information content (AvgIpc) is 2.30. The Bertz CT molecular complexity index is 346. The first kappa shape index (κ1) is 11.1. The smallest absolute Gasteiger partial charge is 0.222 e. The molecule has 1 aromatic heterocycles. The van der Waals surface area contributed by atoms with Gasteiger partial charge in [0.25, 0.3) is 0 Å². The maximum atomic E-state index is 5.72. The fourth-order valence-corrected chi connectivity index (χ4v) is 2.06. The fourth-order valence-electron chi connectivity index (χ4n) is 2.06. The Hall–Kier alpha value is -1.36. The predicted molar refractivity (Wildman–Crippen MR) is 65.3 cm³/mol. The monoisotopic (exact) mass is 221 g/mol. The maximum Gasteiger partial charge on any atom is 0.222 e. The number of rotatable bonds is 3. The van der Waals surface area contributed by atoms with Crippen molar-refractivity contribution in [3.05, 3.63) is 11.8 Å². The minimum Gasteiger partial charge on any atom is -0.368 e. The molecule has 0 aromatic carbocycles. The number of hydrogen-bond acceptors (Lipinski definition) is 5. The number of nitrogen functional groups attached to an aromatic ring is 1. The third-order valence-corrected chi connectivity index (χ3v) is 2.82. The first-order chi connectivity index (χ1) is 7.79. The minimum atomic E-state index is 0.369. The molecule has 1 aliphatic rings. The van der Waals surface area contributed by atoms with E-state index in [9.17, 15) is 0 Å². The van der Waals surface area contributed by atoms with Gasteiger partial charge < -0.3 is 16.0 Å². The SMILES string of the molecule is CNCc1cc(N2CCCCC2)nc(N)n1. The van der Waals surface area contributed by atoms with Gasteiger partial charge in [-0.3, -0.25) is 0 Å². The number of piperidine rings is 1. The van der Waals surface area contributed by atoms with Gasteiger partial charge in [-0.15, -0.1) is 0 Å². The van der Waals surface area contributed by atoms with E-state index in [2.05, 4.69) is 20.2 Å². The molecular weight excluding hydrogens is 202 g/mol. The Morgan fingerprint density at radius 1 is 1.31 bits per heavy atom. The Labute approximate surface area is 96.1 Å². The van der Waals surface area contributed by atoms with E-state index in [0.29, 0.717) is 5.95 Å². The number of aromatic nitrogens is 2. The number of nitrogens with zero attached hydrogens (tertiary/aromatic N) is 3. The van der Waals surface area contributed by atoms with Crippen molar-refractivity contribution >= 4 is 11.8 Å². The van der Waals surface area contributed by atoms with Crippen LogP contribution in [0.15, 0.2) is 6.07 Å². The van der Waals surface area contributed by atoms with Crippen molar-refractivity contribution in [3.63, 3.8) is 0 Å². The van der Waals surface area contributed by atoms with Crippen LogP contribution in [0.4, 0.5) is 11.8 Å². The molecule has 5 nitrogen and oxygen atoms in total. The summed E-state index contributed by atoms with van der Waals surface area (Å²) in [6.07, 6.45) is 3.80. The molecule has 1 fully saturated rings. The summed E-state index contributed by atoms with van der Waals surface area (Å²) < 4.78 is 0. The number of anilines is 2. The van der Waals surface area contributed by atoms with Gasteiger partial charge in [0.05, 0.1) is 5.69 Å². The Kier molecular flexibility index (Phi) is 3.56. The first-order valence-corrected chi connectivity index (χ1v) is 5.82. The van der Waals surface area contributed by atoms with Crippen LogP contribution < -0.4 is 16.0 Å². The van der Waals surface area contributed by atoms with Crippen LogP contribution in [0.25, 0.3) is 0 Å². The molecule has 0 aliphatic carbocycles. The molecule has 16 heavy (non-hydrogen) atoms. The van der Waals surface area contributed by atoms with E-state index >= 15 is 0 Å². The zero-order valence-electron chi connectivity index (χ0n) is 9.74. The van der Waals surface area contributed by atoms with Crippen molar-refractivity contribution in [2.75, 3.05) is 30.8 Å². The summed E-state index contributed by atoms with van der Waals surface area (Å²) in [7, 11) is 1.90. The lowest BCUT2D eigenvalue weighted by molar-refractivity contribution is 0.572. The van der Waals surface area contributed by atoms with Gasteiger partial charge in [-0.1, -0.05) is 0 Å². The maximum absolute atomic E-state index is 5.72. The molecule has 0 radical (unpaired) electrons. The van der Waals surface area contributed by atoms with Gasteiger partial charge in [0.1, 0.15) is 5.82 Å². The van der Waals surface area contributed by atoms with Crippen molar-refractivity contribution in [2.24, 2.45) is 0 Å². The van der Waals surface area contributed by atoms with Gasteiger partial charge in [-0.2, -0.15) is 4.98 Å². The summed E-state index contributed by atoms with van der Waals surface area (Å²) in [5.74, 6) is 1.34. The molecule has 1 aliphatic heterocycles. The van der Waals surface area contributed by atoms with E-state index in [4.69, 9.17) is 5.73 Å². The van der Waals surface area contributed by atoms with E-state index in [-0.39, 0.29) is 0 Å². The molecule has 1 saturated heterocycles. The summed E-state index contributed by atoms with van der Waals surface area (Å²) >= 11 is 0. The molecule has 0 saturated carbocycles. The van der Waals surface area contributed by atoms with Crippen LogP contribution in [0.1, 0.15) is 25.0 Å². The number of hydrogen-bond donors (Lipinski definition) is 2. The van der Waals surface area contributed by atoms with Gasteiger partial charge in [0, 0.05) is 25.7 Å². The van der Waals surface area contributed by atoms with Crippen LogP contribution in [0, 0.1) is 0 Å². The summed E-state index contributed by atoms with van der Waals surface area (Å²) in [4.78, 5) is 10.8. The lowest BCUT2D eigenvalue weighted by atomic mass is 10.1. The largest absolute Gasteiger partial charge is 0.368 e. The molecule has 2 heterocycles. The van der Waals surface area contributed by atoms with Crippen molar-refractivity contribution in [1.82, 2.24) is 15.3 Å². The van der Waals surface area contributed by atoms with E-state index in [0.717, 1.165) is 31.1 Å². The van der Waals surface area contributed by atoms with Crippen LogP contribution in [-0.4, -0.2) is 30.1 Å². The summed E-state index contributed by atoms with van der Waals surface area (Å²) in [5, 5.41) is 3.08. The van der Waals surface area contributed by atoms with Crippen molar-refractivity contribution in [2.45, 2.75) is 25.8 Å². The zero-order chi connectivity index (χ0) is 11.4. The molecule has 2 rings (SSSR count). The highest BCUT2D eigenvalue weighted by atomic mass is 15.2. The standard InChI is InChI=1S/C11H19N5/c1-13-8-9-7-10(15-11(12)14-9)16-5-3-2-4-6-16/h7,13H,2-6,8H2,1H3,(H2,12,14,15). The van der Waals surface area contributed by atoms with Gasteiger partial charge >= 0.3 is 0 Å². The van der Waals surface area contributed by atoms with Crippen LogP contribution in [-0.2, 0) is 6.54 Å². The topological polar surface area (TPSA) is 67.1 Å². The summed E-state index contributed by atoms with van der Waals surface area (Å²) in [6.45, 7) is 2.89. The molecule has 3 N–H and O–H groups in total. The van der Waals surface area contributed by atoms with Crippen molar-refractivity contribution in [1.29, 1.82) is 0 Å². The van der Waals surface area contributed by atoms with E-state index in [1.165, 1.54) is 19.3 Å². The average molecular weight is 221 g/mol. The van der Waals surface area contributed by atoms with Crippen LogP contribution in [0.5, 0.6) is 0 Å². The lowest BCUT2D eigenvalue weighted by Crippen LogP contribution is -2.30. The Balaban J connectivity index is 2.18. The Morgan fingerprint density at radius 2 is 2.06 bits per heavy atom. The summed E-state index contributed by atoms with van der Waals surface area (Å²) in [5.41, 5.74) is 6.67.